The van der Waals surface area contributed by atoms with Crippen LogP contribution in [0.1, 0.15) is 30.1 Å². The molecule has 0 fully saturated rings. The van der Waals surface area contributed by atoms with Gasteiger partial charge in [-0.25, -0.2) is 4.98 Å². The highest BCUT2D eigenvalue weighted by Gasteiger charge is 2.17. The minimum Gasteiger partial charge on any atom is -0.438 e. The number of aromatic nitrogens is 1. The fraction of sp³-hybridized carbons (Fsp3) is 0.556. The second-order valence-corrected chi connectivity index (χ2v) is 3.39. The Morgan fingerprint density at radius 3 is 2.71 bits per heavy atom. The summed E-state index contributed by atoms with van der Waals surface area (Å²) in [5.41, 5.74) is 6.20. The minimum absolute atomic E-state index is 0.0907. The average Bonchev–Trinajstić information content (AvgIpc) is 2.51. The maximum Gasteiger partial charge on any atom is 0.289 e. The smallest absolute Gasteiger partial charge is 0.289 e. The standard InChI is InChI=1S/C9H15N3O2/c1-5(10)6(2)12-9(13)8-7(3)11-4-14-8/h4-6H,10H2,1-3H3,(H,12,13). The molecule has 1 rings (SSSR count). The highest BCUT2D eigenvalue weighted by molar-refractivity contribution is 5.92. The summed E-state index contributed by atoms with van der Waals surface area (Å²) in [6, 6.07) is -0.186. The van der Waals surface area contributed by atoms with Gasteiger partial charge in [-0.1, -0.05) is 0 Å². The lowest BCUT2D eigenvalue weighted by molar-refractivity contribution is 0.0907. The Balaban J connectivity index is 2.64. The third kappa shape index (κ3) is 2.32. The molecule has 0 saturated carbocycles. The van der Waals surface area contributed by atoms with Gasteiger partial charge in [0.1, 0.15) is 0 Å². The molecule has 0 aliphatic heterocycles. The molecule has 0 aromatic carbocycles. The fourth-order valence-corrected chi connectivity index (χ4v) is 0.924. The van der Waals surface area contributed by atoms with Crippen molar-refractivity contribution in [2.75, 3.05) is 0 Å². The van der Waals surface area contributed by atoms with Crippen LogP contribution in [0.2, 0.25) is 0 Å². The quantitative estimate of drug-likeness (QED) is 0.737. The highest BCUT2D eigenvalue weighted by Crippen LogP contribution is 2.04. The lowest BCUT2D eigenvalue weighted by Crippen LogP contribution is -2.44. The molecule has 5 nitrogen and oxygen atoms in total. The van der Waals surface area contributed by atoms with E-state index in [1.54, 1.807) is 6.92 Å². The van der Waals surface area contributed by atoms with Gasteiger partial charge in [0.15, 0.2) is 6.39 Å². The van der Waals surface area contributed by atoms with Gasteiger partial charge in [-0.3, -0.25) is 4.79 Å². The van der Waals surface area contributed by atoms with Gasteiger partial charge in [0.2, 0.25) is 5.76 Å². The first-order chi connectivity index (χ1) is 6.52. The number of amides is 1. The fourth-order valence-electron chi connectivity index (χ4n) is 0.924. The van der Waals surface area contributed by atoms with E-state index in [1.807, 2.05) is 13.8 Å². The molecule has 0 aliphatic rings. The van der Waals surface area contributed by atoms with E-state index in [0.717, 1.165) is 0 Å². The zero-order chi connectivity index (χ0) is 10.7. The summed E-state index contributed by atoms with van der Waals surface area (Å²) < 4.78 is 4.94. The Kier molecular flexibility index (Phi) is 3.24. The SMILES string of the molecule is Cc1ncoc1C(=O)NC(C)C(C)N. The molecule has 2 unspecified atom stereocenters. The molecule has 0 aliphatic carbocycles. The van der Waals surface area contributed by atoms with Gasteiger partial charge < -0.3 is 15.5 Å². The van der Waals surface area contributed by atoms with Crippen molar-refractivity contribution < 1.29 is 9.21 Å². The number of nitrogens with one attached hydrogen (secondary N) is 1. The molecule has 1 aromatic heterocycles. The number of carbonyl (C=O) groups is 1. The number of nitrogens with two attached hydrogens (primary N) is 1. The second-order valence-electron chi connectivity index (χ2n) is 3.39. The predicted molar refractivity (Wildman–Crippen MR) is 51.8 cm³/mol. The van der Waals surface area contributed by atoms with Crippen molar-refractivity contribution in [1.29, 1.82) is 0 Å². The Morgan fingerprint density at radius 2 is 2.29 bits per heavy atom. The van der Waals surface area contributed by atoms with Gasteiger partial charge in [-0.2, -0.15) is 0 Å². The highest BCUT2D eigenvalue weighted by atomic mass is 16.3. The Labute approximate surface area is 82.7 Å². The largest absolute Gasteiger partial charge is 0.438 e. The lowest BCUT2D eigenvalue weighted by Gasteiger charge is -2.16. The molecule has 3 N–H and O–H groups in total. The Bertz CT molecular complexity index is 320. The molecule has 1 heterocycles. The van der Waals surface area contributed by atoms with Crippen LogP contribution in [0.15, 0.2) is 10.8 Å². The molecule has 2 atom stereocenters. The van der Waals surface area contributed by atoms with Crippen LogP contribution in [-0.2, 0) is 0 Å². The van der Waals surface area contributed by atoms with Gasteiger partial charge >= 0.3 is 0 Å². The van der Waals surface area contributed by atoms with Crippen molar-refractivity contribution in [3.05, 3.63) is 17.8 Å². The normalized spacial score (nSPS) is 14.9. The van der Waals surface area contributed by atoms with Gasteiger partial charge in [-0.05, 0) is 20.8 Å². The molecular weight excluding hydrogens is 182 g/mol. The molecule has 0 bridgehead atoms. The number of hydrogen-bond acceptors (Lipinski definition) is 4. The number of hydrogen-bond donors (Lipinski definition) is 2. The van der Waals surface area contributed by atoms with Crippen molar-refractivity contribution >= 4 is 5.91 Å². The summed E-state index contributed by atoms with van der Waals surface area (Å²) in [6.45, 7) is 5.39. The number of rotatable bonds is 3. The first-order valence-corrected chi connectivity index (χ1v) is 4.49. The monoisotopic (exact) mass is 197 g/mol. The number of nitrogens with zero attached hydrogens (tertiary/aromatic N) is 1. The molecule has 1 aromatic rings. The van der Waals surface area contributed by atoms with Gasteiger partial charge in [0, 0.05) is 12.1 Å². The van der Waals surface area contributed by atoms with Crippen molar-refractivity contribution in [2.24, 2.45) is 5.73 Å². The van der Waals surface area contributed by atoms with Crippen LogP contribution in [-0.4, -0.2) is 23.0 Å². The lowest BCUT2D eigenvalue weighted by atomic mass is 10.2. The van der Waals surface area contributed by atoms with E-state index in [9.17, 15) is 4.79 Å². The summed E-state index contributed by atoms with van der Waals surface area (Å²) in [6.07, 6.45) is 1.25. The van der Waals surface area contributed by atoms with Crippen LogP contribution in [0.25, 0.3) is 0 Å². The van der Waals surface area contributed by atoms with Crippen LogP contribution in [0.5, 0.6) is 0 Å². The van der Waals surface area contributed by atoms with Gasteiger partial charge in [0.05, 0.1) is 5.69 Å². The third-order valence-corrected chi connectivity index (χ3v) is 2.10. The van der Waals surface area contributed by atoms with E-state index < -0.39 is 0 Å². The van der Waals surface area contributed by atoms with E-state index in [4.69, 9.17) is 10.2 Å². The number of aryl methyl sites for hydroxylation is 1. The van der Waals surface area contributed by atoms with E-state index in [-0.39, 0.29) is 23.8 Å². The second kappa shape index (κ2) is 4.23. The maximum absolute atomic E-state index is 11.5. The first-order valence-electron chi connectivity index (χ1n) is 4.49. The van der Waals surface area contributed by atoms with Gasteiger partial charge in [-0.15, -0.1) is 0 Å². The van der Waals surface area contributed by atoms with E-state index in [2.05, 4.69) is 10.3 Å². The van der Waals surface area contributed by atoms with E-state index in [0.29, 0.717) is 5.69 Å². The number of oxazole rings is 1. The van der Waals surface area contributed by atoms with Crippen molar-refractivity contribution in [2.45, 2.75) is 32.9 Å². The van der Waals surface area contributed by atoms with Crippen molar-refractivity contribution in [3.8, 4) is 0 Å². The topological polar surface area (TPSA) is 81.2 Å². The molecule has 5 heteroatoms. The van der Waals surface area contributed by atoms with Crippen LogP contribution in [0.3, 0.4) is 0 Å². The third-order valence-electron chi connectivity index (χ3n) is 2.10. The molecule has 0 radical (unpaired) electrons. The summed E-state index contributed by atoms with van der Waals surface area (Å²) in [7, 11) is 0. The first kappa shape index (κ1) is 10.7. The zero-order valence-corrected chi connectivity index (χ0v) is 8.57. The molecule has 1 amide bonds. The number of carbonyl (C=O) groups excluding carboxylic acids is 1. The Hall–Kier alpha value is -1.36. The summed E-state index contributed by atoms with van der Waals surface area (Å²) in [5.74, 6) is -0.0256. The van der Waals surface area contributed by atoms with Crippen molar-refractivity contribution in [1.82, 2.24) is 10.3 Å². The molecule has 78 valence electrons. The Morgan fingerprint density at radius 1 is 1.64 bits per heavy atom. The van der Waals surface area contributed by atoms with Gasteiger partial charge in [0.25, 0.3) is 5.91 Å². The van der Waals surface area contributed by atoms with Crippen LogP contribution >= 0.6 is 0 Å². The molecule has 14 heavy (non-hydrogen) atoms. The van der Waals surface area contributed by atoms with Crippen molar-refractivity contribution in [3.63, 3.8) is 0 Å². The predicted octanol–water partition coefficient (Wildman–Crippen LogP) is 0.449. The maximum atomic E-state index is 11.5. The molecule has 0 saturated heterocycles. The average molecular weight is 197 g/mol. The van der Waals surface area contributed by atoms with Crippen LogP contribution in [0.4, 0.5) is 0 Å². The summed E-state index contributed by atoms with van der Waals surface area (Å²) >= 11 is 0. The molecular formula is C9H15N3O2. The zero-order valence-electron chi connectivity index (χ0n) is 8.57. The minimum atomic E-state index is -0.273. The van der Waals surface area contributed by atoms with E-state index in [1.165, 1.54) is 6.39 Å². The molecule has 0 spiro atoms. The summed E-state index contributed by atoms with van der Waals surface area (Å²) in [5, 5.41) is 2.72. The summed E-state index contributed by atoms with van der Waals surface area (Å²) in [4.78, 5) is 15.4. The van der Waals surface area contributed by atoms with E-state index >= 15 is 0 Å². The van der Waals surface area contributed by atoms with Crippen LogP contribution in [0, 0.1) is 6.92 Å². The van der Waals surface area contributed by atoms with Crippen LogP contribution < -0.4 is 11.1 Å².